The van der Waals surface area contributed by atoms with E-state index in [1.165, 1.54) is 11.3 Å². The molecule has 0 saturated heterocycles. The summed E-state index contributed by atoms with van der Waals surface area (Å²) in [6.45, 7) is 6.55. The number of ether oxygens (including phenoxy) is 1. The molecule has 2 rings (SSSR count). The van der Waals surface area contributed by atoms with E-state index >= 15 is 0 Å². The van der Waals surface area contributed by atoms with Crippen LogP contribution in [0, 0.1) is 13.8 Å². The maximum Gasteiger partial charge on any atom is 0.119 e. The van der Waals surface area contributed by atoms with Crippen LogP contribution in [0.2, 0.25) is 0 Å². The number of hydrogen-bond donors (Lipinski definition) is 1. The fourth-order valence-electron chi connectivity index (χ4n) is 2.28. The van der Waals surface area contributed by atoms with Gasteiger partial charge in [0.15, 0.2) is 0 Å². The Morgan fingerprint density at radius 3 is 2.41 bits per heavy atom. The quantitative estimate of drug-likeness (QED) is 0.853. The number of likely N-dealkylation sites (N-methyl/N-ethyl adjacent to an activating group) is 1. The lowest BCUT2D eigenvalue weighted by molar-refractivity contribution is 0.261. The zero-order chi connectivity index (χ0) is 16.1. The minimum atomic E-state index is 0.702. The molecule has 5 nitrogen and oxygen atoms in total. The third kappa shape index (κ3) is 4.24. The molecule has 0 fully saturated rings. The molecule has 1 aromatic heterocycles. The molecule has 0 aliphatic carbocycles. The molecule has 0 unspecified atom stereocenters. The highest BCUT2D eigenvalue weighted by atomic mass is 16.5. The first-order valence-corrected chi connectivity index (χ1v) is 7.58. The summed E-state index contributed by atoms with van der Waals surface area (Å²) in [7, 11) is 6.06. The molecule has 0 saturated carbocycles. The summed E-state index contributed by atoms with van der Waals surface area (Å²) in [5.41, 5.74) is 4.63. The number of benzene rings is 1. The average Bonchev–Trinajstić information content (AvgIpc) is 2.71. The Morgan fingerprint density at radius 2 is 1.86 bits per heavy atom. The zero-order valence-electron chi connectivity index (χ0n) is 14.2. The lowest BCUT2D eigenvalue weighted by Gasteiger charge is -2.12. The average molecular weight is 302 g/mol. The first-order valence-electron chi connectivity index (χ1n) is 7.58. The Hall–Kier alpha value is -2.01. The molecule has 0 spiro atoms. The summed E-state index contributed by atoms with van der Waals surface area (Å²) >= 11 is 0. The second-order valence-corrected chi connectivity index (χ2v) is 5.80. The van der Waals surface area contributed by atoms with Crippen LogP contribution in [-0.4, -0.2) is 41.9 Å². The molecule has 0 aliphatic rings. The molecule has 1 N–H and O–H groups in total. The number of aryl methyl sites for hydroxylation is 2. The van der Waals surface area contributed by atoms with Gasteiger partial charge in [-0.3, -0.25) is 4.68 Å². The molecule has 5 heteroatoms. The van der Waals surface area contributed by atoms with Crippen LogP contribution in [0.5, 0.6) is 5.75 Å². The lowest BCUT2D eigenvalue weighted by Crippen LogP contribution is -2.19. The highest BCUT2D eigenvalue weighted by molar-refractivity contribution is 5.47. The van der Waals surface area contributed by atoms with Crippen molar-refractivity contribution in [2.45, 2.75) is 20.4 Å². The van der Waals surface area contributed by atoms with Crippen molar-refractivity contribution in [3.63, 3.8) is 0 Å². The van der Waals surface area contributed by atoms with Crippen molar-refractivity contribution in [1.82, 2.24) is 14.7 Å². The van der Waals surface area contributed by atoms with Gasteiger partial charge in [0.05, 0.1) is 5.69 Å². The maximum absolute atomic E-state index is 5.69. The van der Waals surface area contributed by atoms with Crippen LogP contribution >= 0.6 is 0 Å². The largest absolute Gasteiger partial charge is 0.492 e. The fraction of sp³-hybridized carbons (Fsp3) is 0.471. The zero-order valence-corrected chi connectivity index (χ0v) is 14.2. The maximum atomic E-state index is 5.69. The molecule has 2 aromatic rings. The summed E-state index contributed by atoms with van der Waals surface area (Å²) < 4.78 is 7.62. The van der Waals surface area contributed by atoms with Gasteiger partial charge in [-0.25, -0.2) is 0 Å². The van der Waals surface area contributed by atoms with Crippen LogP contribution in [0.1, 0.15) is 17.0 Å². The number of nitrogens with one attached hydrogen (secondary N) is 1. The van der Waals surface area contributed by atoms with Crippen LogP contribution < -0.4 is 10.1 Å². The number of aromatic nitrogens is 2. The normalized spacial score (nSPS) is 11.0. The van der Waals surface area contributed by atoms with Gasteiger partial charge < -0.3 is 15.0 Å². The van der Waals surface area contributed by atoms with E-state index in [0.29, 0.717) is 6.61 Å². The predicted octanol–water partition coefficient (Wildman–Crippen LogP) is 2.59. The molecule has 0 radical (unpaired) electrons. The standard InChI is InChI=1S/C17H26N4O/c1-13-17(14(2)21(5)19-13)12-18-15-6-8-16(9-7-15)22-11-10-20(3)4/h6-9,18H,10-12H2,1-5H3. The van der Waals surface area contributed by atoms with Crippen molar-refractivity contribution in [3.05, 3.63) is 41.2 Å². The summed E-state index contributed by atoms with van der Waals surface area (Å²) in [5, 5.41) is 7.88. The van der Waals surface area contributed by atoms with Gasteiger partial charge in [-0.15, -0.1) is 0 Å². The summed E-state index contributed by atoms with van der Waals surface area (Å²) in [4.78, 5) is 2.11. The Morgan fingerprint density at radius 1 is 1.18 bits per heavy atom. The van der Waals surface area contributed by atoms with Crippen LogP contribution in [0.3, 0.4) is 0 Å². The van der Waals surface area contributed by atoms with Crippen molar-refractivity contribution < 1.29 is 4.74 Å². The van der Waals surface area contributed by atoms with Crippen LogP contribution in [0.4, 0.5) is 5.69 Å². The predicted molar refractivity (Wildman–Crippen MR) is 90.5 cm³/mol. The number of hydrogen-bond acceptors (Lipinski definition) is 4. The van der Waals surface area contributed by atoms with Crippen molar-refractivity contribution in [2.24, 2.45) is 7.05 Å². The molecular formula is C17H26N4O. The van der Waals surface area contributed by atoms with Crippen LogP contribution in [0.15, 0.2) is 24.3 Å². The van der Waals surface area contributed by atoms with E-state index in [1.807, 2.05) is 57.0 Å². The molecular weight excluding hydrogens is 276 g/mol. The third-order valence-corrected chi connectivity index (χ3v) is 3.79. The molecule has 1 aromatic carbocycles. The van der Waals surface area contributed by atoms with Crippen molar-refractivity contribution >= 4 is 5.69 Å². The van der Waals surface area contributed by atoms with Crippen LogP contribution in [0.25, 0.3) is 0 Å². The van der Waals surface area contributed by atoms with Gasteiger partial charge in [-0.1, -0.05) is 0 Å². The smallest absolute Gasteiger partial charge is 0.119 e. The van der Waals surface area contributed by atoms with Crippen molar-refractivity contribution in [3.8, 4) is 5.75 Å². The highest BCUT2D eigenvalue weighted by Gasteiger charge is 2.08. The van der Waals surface area contributed by atoms with Gasteiger partial charge in [0.2, 0.25) is 0 Å². The Balaban J connectivity index is 1.88. The van der Waals surface area contributed by atoms with E-state index in [1.54, 1.807) is 0 Å². The Labute approximate surface area is 132 Å². The SMILES string of the molecule is Cc1nn(C)c(C)c1CNc1ccc(OCCN(C)C)cc1. The van der Waals surface area contributed by atoms with Crippen molar-refractivity contribution in [1.29, 1.82) is 0 Å². The Kier molecular flexibility index (Phi) is 5.44. The number of anilines is 1. The van der Waals surface area contributed by atoms with Gasteiger partial charge in [0.1, 0.15) is 12.4 Å². The second kappa shape index (κ2) is 7.31. The van der Waals surface area contributed by atoms with E-state index in [0.717, 1.165) is 30.2 Å². The van der Waals surface area contributed by atoms with E-state index in [2.05, 4.69) is 22.2 Å². The van der Waals surface area contributed by atoms with E-state index < -0.39 is 0 Å². The first-order chi connectivity index (χ1) is 10.5. The number of nitrogens with zero attached hydrogens (tertiary/aromatic N) is 3. The van der Waals surface area contributed by atoms with E-state index in [9.17, 15) is 0 Å². The van der Waals surface area contributed by atoms with E-state index in [-0.39, 0.29) is 0 Å². The van der Waals surface area contributed by atoms with Crippen molar-refractivity contribution in [2.75, 3.05) is 32.6 Å². The summed E-state index contributed by atoms with van der Waals surface area (Å²) in [5.74, 6) is 0.904. The lowest BCUT2D eigenvalue weighted by atomic mass is 10.2. The minimum Gasteiger partial charge on any atom is -0.492 e. The van der Waals surface area contributed by atoms with E-state index in [4.69, 9.17) is 4.74 Å². The highest BCUT2D eigenvalue weighted by Crippen LogP contribution is 2.18. The van der Waals surface area contributed by atoms with Gasteiger partial charge in [-0.2, -0.15) is 5.10 Å². The molecule has 0 bridgehead atoms. The molecule has 22 heavy (non-hydrogen) atoms. The molecule has 1 heterocycles. The Bertz CT molecular complexity index is 602. The molecule has 0 amide bonds. The van der Waals surface area contributed by atoms with Gasteiger partial charge in [-0.05, 0) is 52.2 Å². The monoisotopic (exact) mass is 302 g/mol. The topological polar surface area (TPSA) is 42.3 Å². The first kappa shape index (κ1) is 16.4. The summed E-state index contributed by atoms with van der Waals surface area (Å²) in [6, 6.07) is 8.10. The van der Waals surface area contributed by atoms with Gasteiger partial charge in [0, 0.05) is 37.1 Å². The molecule has 0 aliphatic heterocycles. The number of rotatable bonds is 7. The molecule has 120 valence electrons. The minimum absolute atomic E-state index is 0.702. The third-order valence-electron chi connectivity index (χ3n) is 3.79. The van der Waals surface area contributed by atoms with Crippen LogP contribution in [-0.2, 0) is 13.6 Å². The summed E-state index contributed by atoms with van der Waals surface area (Å²) in [6.07, 6.45) is 0. The molecule has 0 atom stereocenters. The van der Waals surface area contributed by atoms with Gasteiger partial charge >= 0.3 is 0 Å². The fourth-order valence-corrected chi connectivity index (χ4v) is 2.28. The van der Waals surface area contributed by atoms with Gasteiger partial charge in [0.25, 0.3) is 0 Å². The second-order valence-electron chi connectivity index (χ2n) is 5.80.